The Kier molecular flexibility index (Phi) is 5.83. The fraction of sp³-hybridized carbons (Fsp3) is 0.727. The van der Waals surface area contributed by atoms with Crippen molar-refractivity contribution in [3.63, 3.8) is 0 Å². The summed E-state index contributed by atoms with van der Waals surface area (Å²) in [4.78, 5) is 4.48. The maximum Gasteiger partial charge on any atom is 0.0943 e. The molecule has 0 aromatic carbocycles. The van der Waals surface area contributed by atoms with Crippen LogP contribution in [0.2, 0.25) is 0 Å². The molecule has 0 bridgehead atoms. The van der Waals surface area contributed by atoms with Crippen molar-refractivity contribution in [3.8, 4) is 0 Å². The predicted octanol–water partition coefficient (Wildman–Crippen LogP) is 2.01. The summed E-state index contributed by atoms with van der Waals surface area (Å²) < 4.78 is 5.10. The highest BCUT2D eigenvalue weighted by molar-refractivity contribution is 7.09. The molecular weight excluding hydrogens is 208 g/mol. The molecular formula is C11H20N2OS. The van der Waals surface area contributed by atoms with Gasteiger partial charge in [-0.2, -0.15) is 0 Å². The molecule has 0 saturated heterocycles. The first kappa shape index (κ1) is 12.6. The van der Waals surface area contributed by atoms with Crippen LogP contribution in [0, 0.1) is 6.92 Å². The van der Waals surface area contributed by atoms with E-state index in [1.54, 1.807) is 18.4 Å². The molecule has 0 fully saturated rings. The summed E-state index contributed by atoms with van der Waals surface area (Å²) in [6.07, 6.45) is 2.05. The summed E-state index contributed by atoms with van der Waals surface area (Å²) in [5, 5.41) is 6.78. The fourth-order valence-corrected chi connectivity index (χ4v) is 2.39. The molecule has 1 aromatic rings. The Morgan fingerprint density at radius 2 is 2.40 bits per heavy atom. The summed E-state index contributed by atoms with van der Waals surface area (Å²) in [6, 6.07) is 0.487. The van der Waals surface area contributed by atoms with Crippen LogP contribution < -0.4 is 5.32 Å². The molecule has 0 saturated carbocycles. The molecule has 1 unspecified atom stereocenters. The molecule has 3 nitrogen and oxygen atoms in total. The van der Waals surface area contributed by atoms with Gasteiger partial charge in [0.2, 0.25) is 0 Å². The van der Waals surface area contributed by atoms with Crippen LogP contribution in [-0.2, 0) is 11.2 Å². The fourth-order valence-electron chi connectivity index (χ4n) is 1.53. The van der Waals surface area contributed by atoms with E-state index < -0.39 is 0 Å². The smallest absolute Gasteiger partial charge is 0.0943 e. The second-order valence-corrected chi connectivity index (χ2v) is 4.57. The van der Waals surface area contributed by atoms with Gasteiger partial charge in [0.25, 0.3) is 0 Å². The molecule has 1 rings (SSSR count). The van der Waals surface area contributed by atoms with Crippen molar-refractivity contribution in [2.45, 2.75) is 32.7 Å². The number of nitrogens with one attached hydrogen (secondary N) is 1. The zero-order chi connectivity index (χ0) is 11.1. The summed E-state index contributed by atoms with van der Waals surface area (Å²) in [6.45, 7) is 5.98. The number of hydrogen-bond donors (Lipinski definition) is 1. The quantitative estimate of drug-likeness (QED) is 0.775. The Bertz CT molecular complexity index is 275. The van der Waals surface area contributed by atoms with Crippen molar-refractivity contribution in [2.75, 3.05) is 20.3 Å². The lowest BCUT2D eigenvalue weighted by Crippen LogP contribution is -2.32. The Morgan fingerprint density at radius 1 is 1.60 bits per heavy atom. The molecule has 0 aliphatic carbocycles. The van der Waals surface area contributed by atoms with E-state index in [4.69, 9.17) is 4.74 Å². The Balaban J connectivity index is 2.42. The summed E-state index contributed by atoms with van der Waals surface area (Å²) >= 11 is 1.75. The van der Waals surface area contributed by atoms with Crippen molar-refractivity contribution in [1.29, 1.82) is 0 Å². The zero-order valence-electron chi connectivity index (χ0n) is 9.75. The van der Waals surface area contributed by atoms with E-state index >= 15 is 0 Å². The van der Waals surface area contributed by atoms with E-state index in [0.29, 0.717) is 6.04 Å². The van der Waals surface area contributed by atoms with Crippen molar-refractivity contribution in [2.24, 2.45) is 0 Å². The van der Waals surface area contributed by atoms with Crippen molar-refractivity contribution in [1.82, 2.24) is 10.3 Å². The highest BCUT2D eigenvalue weighted by Crippen LogP contribution is 2.12. The van der Waals surface area contributed by atoms with Crippen LogP contribution in [0.25, 0.3) is 0 Å². The maximum absolute atomic E-state index is 5.10. The second kappa shape index (κ2) is 6.93. The van der Waals surface area contributed by atoms with Crippen LogP contribution in [0.3, 0.4) is 0 Å². The zero-order valence-corrected chi connectivity index (χ0v) is 10.6. The van der Waals surface area contributed by atoms with Crippen LogP contribution in [0.15, 0.2) is 5.38 Å². The normalized spacial score (nSPS) is 13.0. The van der Waals surface area contributed by atoms with Gasteiger partial charge in [-0.1, -0.05) is 6.92 Å². The number of hydrogen-bond acceptors (Lipinski definition) is 4. The van der Waals surface area contributed by atoms with Gasteiger partial charge in [-0.3, -0.25) is 0 Å². The van der Waals surface area contributed by atoms with Gasteiger partial charge in [-0.05, 0) is 19.9 Å². The highest BCUT2D eigenvalue weighted by atomic mass is 32.1. The monoisotopic (exact) mass is 228 g/mol. The maximum atomic E-state index is 5.10. The van der Waals surface area contributed by atoms with Crippen molar-refractivity contribution in [3.05, 3.63) is 16.1 Å². The minimum atomic E-state index is 0.487. The number of ether oxygens (including phenoxy) is 1. The number of rotatable bonds is 7. The Labute approximate surface area is 95.9 Å². The lowest BCUT2D eigenvalue weighted by Gasteiger charge is -2.15. The number of nitrogens with zero attached hydrogens (tertiary/aromatic N) is 1. The van der Waals surface area contributed by atoms with Gasteiger partial charge in [0.1, 0.15) is 0 Å². The number of methoxy groups -OCH3 is 1. The standard InChI is InChI=1S/C11H20N2OS/c1-4-12-10(5-6-14-3)7-11-13-9(2)8-15-11/h8,10,12H,4-7H2,1-3H3. The first-order valence-corrected chi connectivity index (χ1v) is 6.27. The van der Waals surface area contributed by atoms with Gasteiger partial charge in [-0.15, -0.1) is 11.3 Å². The first-order valence-electron chi connectivity index (χ1n) is 5.39. The molecule has 1 heterocycles. The van der Waals surface area contributed by atoms with Gasteiger partial charge in [0, 0.05) is 37.3 Å². The lowest BCUT2D eigenvalue weighted by atomic mass is 10.1. The largest absolute Gasteiger partial charge is 0.385 e. The minimum Gasteiger partial charge on any atom is -0.385 e. The van der Waals surface area contributed by atoms with Gasteiger partial charge in [0.15, 0.2) is 0 Å². The number of likely N-dealkylation sites (N-methyl/N-ethyl adjacent to an activating group) is 1. The van der Waals surface area contributed by atoms with Crippen molar-refractivity contribution < 1.29 is 4.74 Å². The van der Waals surface area contributed by atoms with E-state index in [-0.39, 0.29) is 0 Å². The van der Waals surface area contributed by atoms with Gasteiger partial charge >= 0.3 is 0 Å². The Morgan fingerprint density at radius 3 is 2.93 bits per heavy atom. The molecule has 0 amide bonds. The molecule has 1 aromatic heterocycles. The van der Waals surface area contributed by atoms with E-state index in [1.807, 2.05) is 6.92 Å². The van der Waals surface area contributed by atoms with Crippen molar-refractivity contribution >= 4 is 11.3 Å². The molecule has 0 aliphatic rings. The van der Waals surface area contributed by atoms with Gasteiger partial charge in [0.05, 0.1) is 5.01 Å². The van der Waals surface area contributed by atoms with E-state index in [9.17, 15) is 0 Å². The molecule has 1 atom stereocenters. The molecule has 0 radical (unpaired) electrons. The summed E-state index contributed by atoms with van der Waals surface area (Å²) in [5.74, 6) is 0. The third-order valence-corrected chi connectivity index (χ3v) is 3.24. The molecule has 0 aliphatic heterocycles. The van der Waals surface area contributed by atoms with Crippen LogP contribution in [-0.4, -0.2) is 31.3 Å². The average Bonchev–Trinajstić information content (AvgIpc) is 2.61. The first-order chi connectivity index (χ1) is 7.26. The van der Waals surface area contributed by atoms with Gasteiger partial charge < -0.3 is 10.1 Å². The lowest BCUT2D eigenvalue weighted by molar-refractivity contribution is 0.183. The van der Waals surface area contributed by atoms with E-state index in [0.717, 1.165) is 31.7 Å². The number of thiazole rings is 1. The molecule has 1 N–H and O–H groups in total. The summed E-state index contributed by atoms with van der Waals surface area (Å²) in [5.41, 5.74) is 1.12. The SMILES string of the molecule is CCNC(CCOC)Cc1nc(C)cs1. The third kappa shape index (κ3) is 4.73. The molecule has 86 valence electrons. The number of aromatic nitrogens is 1. The van der Waals surface area contributed by atoms with Crippen LogP contribution in [0.1, 0.15) is 24.0 Å². The van der Waals surface area contributed by atoms with Crippen LogP contribution in [0.5, 0.6) is 0 Å². The highest BCUT2D eigenvalue weighted by Gasteiger charge is 2.10. The molecule has 4 heteroatoms. The Hall–Kier alpha value is -0.450. The second-order valence-electron chi connectivity index (χ2n) is 3.62. The van der Waals surface area contributed by atoms with E-state index in [2.05, 4.69) is 22.6 Å². The average molecular weight is 228 g/mol. The van der Waals surface area contributed by atoms with Gasteiger partial charge in [-0.25, -0.2) is 4.98 Å². The predicted molar refractivity (Wildman–Crippen MR) is 64.5 cm³/mol. The summed E-state index contributed by atoms with van der Waals surface area (Å²) in [7, 11) is 1.75. The van der Waals surface area contributed by atoms with E-state index in [1.165, 1.54) is 5.01 Å². The molecule has 0 spiro atoms. The minimum absolute atomic E-state index is 0.487. The molecule has 15 heavy (non-hydrogen) atoms. The topological polar surface area (TPSA) is 34.1 Å². The third-order valence-electron chi connectivity index (χ3n) is 2.25. The number of aryl methyl sites for hydroxylation is 1. The van der Waals surface area contributed by atoms with Crippen LogP contribution >= 0.6 is 11.3 Å². The van der Waals surface area contributed by atoms with Crippen LogP contribution in [0.4, 0.5) is 0 Å².